The molecular weight excluding hydrogens is 182 g/mol. The van der Waals surface area contributed by atoms with Crippen LogP contribution in [0, 0.1) is 0 Å². The van der Waals surface area contributed by atoms with Crippen LogP contribution in [-0.2, 0) is 6.42 Å². The lowest BCUT2D eigenvalue weighted by atomic mass is 10.1. The molecule has 2 N–H and O–H groups in total. The van der Waals surface area contributed by atoms with Crippen molar-refractivity contribution in [3.05, 3.63) is 40.4 Å². The summed E-state index contributed by atoms with van der Waals surface area (Å²) in [4.78, 5) is 0. The van der Waals surface area contributed by atoms with Gasteiger partial charge in [0.05, 0.1) is 0 Å². The molecule has 1 nitrogen and oxygen atoms in total. The summed E-state index contributed by atoms with van der Waals surface area (Å²) < 4.78 is 0. The fourth-order valence-electron chi connectivity index (χ4n) is 1.84. The van der Waals surface area contributed by atoms with Crippen molar-refractivity contribution in [3.8, 4) is 0 Å². The lowest BCUT2D eigenvalue weighted by molar-refractivity contribution is 1.08. The highest BCUT2D eigenvalue weighted by Crippen LogP contribution is 2.33. The number of allylic oxidation sites excluding steroid dienone is 1. The van der Waals surface area contributed by atoms with Gasteiger partial charge < -0.3 is 5.73 Å². The highest BCUT2D eigenvalue weighted by Gasteiger charge is 2.15. The van der Waals surface area contributed by atoms with Gasteiger partial charge in [-0.05, 0) is 41.7 Å². The van der Waals surface area contributed by atoms with Gasteiger partial charge in [0.2, 0.25) is 0 Å². The summed E-state index contributed by atoms with van der Waals surface area (Å²) in [6, 6.07) is 6.08. The molecule has 0 saturated carbocycles. The molecule has 1 aliphatic rings. The average molecular weight is 194 g/mol. The molecule has 0 heterocycles. The first-order valence-corrected chi connectivity index (χ1v) is 4.87. The lowest BCUT2D eigenvalue weighted by Gasteiger charge is -2.00. The zero-order valence-corrected chi connectivity index (χ0v) is 8.14. The molecule has 0 saturated heterocycles. The number of hydrogen-bond acceptors (Lipinski definition) is 1. The molecule has 0 unspecified atom stereocenters. The van der Waals surface area contributed by atoms with E-state index in [0.29, 0.717) is 6.54 Å². The number of nitrogens with two attached hydrogens (primary N) is 1. The molecule has 0 aliphatic heterocycles. The summed E-state index contributed by atoms with van der Waals surface area (Å²) in [6.07, 6.45) is 4.30. The molecule has 1 aliphatic carbocycles. The van der Waals surface area contributed by atoms with Crippen LogP contribution < -0.4 is 5.73 Å². The first-order valence-electron chi connectivity index (χ1n) is 4.49. The molecule has 0 radical (unpaired) electrons. The van der Waals surface area contributed by atoms with Crippen molar-refractivity contribution in [3.63, 3.8) is 0 Å². The maximum Gasteiger partial charge on any atom is 0.0409 e. The predicted octanol–water partition coefficient (Wildman–Crippen LogP) is 2.63. The van der Waals surface area contributed by atoms with Crippen molar-refractivity contribution in [2.75, 3.05) is 6.54 Å². The smallest absolute Gasteiger partial charge is 0.0409 e. The summed E-state index contributed by atoms with van der Waals surface area (Å²) in [6.45, 7) is 0.622. The largest absolute Gasteiger partial charge is 0.327 e. The number of fused-ring (bicyclic) bond motifs is 1. The van der Waals surface area contributed by atoms with E-state index < -0.39 is 0 Å². The lowest BCUT2D eigenvalue weighted by Crippen LogP contribution is -1.94. The van der Waals surface area contributed by atoms with Crippen molar-refractivity contribution in [1.82, 2.24) is 0 Å². The van der Waals surface area contributed by atoms with E-state index in [0.717, 1.165) is 17.9 Å². The third-order valence-corrected chi connectivity index (χ3v) is 2.68. The van der Waals surface area contributed by atoms with Gasteiger partial charge in [0.25, 0.3) is 0 Å². The number of rotatable bonds is 1. The standard InChI is InChI=1S/C11H12ClN/c12-10-3-4-11-8(5-6-13)1-2-9(11)7-10/h3-5,7H,1-2,6,13H2/b8-5-. The summed E-state index contributed by atoms with van der Waals surface area (Å²) in [5.74, 6) is 0. The Hall–Kier alpha value is -0.790. The Morgan fingerprint density at radius 2 is 2.23 bits per heavy atom. The van der Waals surface area contributed by atoms with E-state index in [1.807, 2.05) is 12.1 Å². The molecule has 0 fully saturated rings. The van der Waals surface area contributed by atoms with Gasteiger partial charge in [-0.15, -0.1) is 0 Å². The molecule has 0 spiro atoms. The van der Waals surface area contributed by atoms with Crippen molar-refractivity contribution in [1.29, 1.82) is 0 Å². The fourth-order valence-corrected chi connectivity index (χ4v) is 2.04. The molecule has 0 bridgehead atoms. The fraction of sp³-hybridized carbons (Fsp3) is 0.273. The van der Waals surface area contributed by atoms with Crippen molar-refractivity contribution in [2.45, 2.75) is 12.8 Å². The Kier molecular flexibility index (Phi) is 2.38. The van der Waals surface area contributed by atoms with E-state index in [9.17, 15) is 0 Å². The van der Waals surface area contributed by atoms with Gasteiger partial charge >= 0.3 is 0 Å². The Bertz CT molecular complexity index is 355. The Morgan fingerprint density at radius 1 is 1.38 bits per heavy atom. The van der Waals surface area contributed by atoms with Crippen LogP contribution in [0.15, 0.2) is 24.3 Å². The molecule has 1 aromatic carbocycles. The van der Waals surface area contributed by atoms with E-state index in [4.69, 9.17) is 17.3 Å². The highest BCUT2D eigenvalue weighted by molar-refractivity contribution is 6.30. The van der Waals surface area contributed by atoms with E-state index >= 15 is 0 Å². The van der Waals surface area contributed by atoms with E-state index in [1.165, 1.54) is 16.7 Å². The molecule has 13 heavy (non-hydrogen) atoms. The molecular formula is C11H12ClN. The predicted molar refractivity (Wildman–Crippen MR) is 56.8 cm³/mol. The highest BCUT2D eigenvalue weighted by atomic mass is 35.5. The van der Waals surface area contributed by atoms with Crippen molar-refractivity contribution >= 4 is 17.2 Å². The number of hydrogen-bond donors (Lipinski definition) is 1. The van der Waals surface area contributed by atoms with Gasteiger partial charge in [-0.2, -0.15) is 0 Å². The maximum atomic E-state index is 5.90. The third kappa shape index (κ3) is 1.62. The molecule has 1 aromatic rings. The van der Waals surface area contributed by atoms with E-state index in [2.05, 4.69) is 12.1 Å². The van der Waals surface area contributed by atoms with Crippen LogP contribution in [-0.4, -0.2) is 6.54 Å². The minimum atomic E-state index is 0.622. The van der Waals surface area contributed by atoms with Crippen LogP contribution in [0.5, 0.6) is 0 Å². The van der Waals surface area contributed by atoms with Gasteiger partial charge in [-0.1, -0.05) is 23.7 Å². The normalized spacial score (nSPS) is 17.8. The topological polar surface area (TPSA) is 26.0 Å². The Labute approximate surface area is 83.2 Å². The van der Waals surface area contributed by atoms with Crippen molar-refractivity contribution < 1.29 is 0 Å². The second-order valence-corrected chi connectivity index (χ2v) is 3.70. The number of halogens is 1. The number of benzene rings is 1. The van der Waals surface area contributed by atoms with Crippen LogP contribution in [0.4, 0.5) is 0 Å². The molecule has 68 valence electrons. The summed E-state index contributed by atoms with van der Waals surface area (Å²) >= 11 is 5.90. The van der Waals surface area contributed by atoms with Gasteiger partial charge in [0, 0.05) is 11.6 Å². The summed E-state index contributed by atoms with van der Waals surface area (Å²) in [5.41, 5.74) is 9.54. The van der Waals surface area contributed by atoms with Gasteiger partial charge in [-0.25, -0.2) is 0 Å². The molecule has 2 heteroatoms. The quantitative estimate of drug-likeness (QED) is 0.729. The monoisotopic (exact) mass is 193 g/mol. The zero-order chi connectivity index (χ0) is 9.26. The summed E-state index contributed by atoms with van der Waals surface area (Å²) in [7, 11) is 0. The molecule has 0 amide bonds. The molecule has 0 aromatic heterocycles. The second-order valence-electron chi connectivity index (χ2n) is 3.27. The van der Waals surface area contributed by atoms with Gasteiger partial charge in [0.15, 0.2) is 0 Å². The van der Waals surface area contributed by atoms with Crippen LogP contribution in [0.1, 0.15) is 17.5 Å². The summed E-state index contributed by atoms with van der Waals surface area (Å²) in [5, 5.41) is 0.827. The minimum Gasteiger partial charge on any atom is -0.327 e. The first-order chi connectivity index (χ1) is 6.31. The first kappa shape index (κ1) is 8.79. The number of aryl methyl sites for hydroxylation is 1. The van der Waals surface area contributed by atoms with Crippen LogP contribution in [0.3, 0.4) is 0 Å². The Morgan fingerprint density at radius 3 is 3.00 bits per heavy atom. The van der Waals surface area contributed by atoms with Gasteiger partial charge in [0.1, 0.15) is 0 Å². The maximum absolute atomic E-state index is 5.90. The van der Waals surface area contributed by atoms with Crippen molar-refractivity contribution in [2.24, 2.45) is 5.73 Å². The van der Waals surface area contributed by atoms with Gasteiger partial charge in [-0.3, -0.25) is 0 Å². The average Bonchev–Trinajstić information content (AvgIpc) is 2.49. The van der Waals surface area contributed by atoms with Crippen LogP contribution >= 0.6 is 11.6 Å². The molecule has 2 rings (SSSR count). The minimum absolute atomic E-state index is 0.622. The second kappa shape index (κ2) is 3.52. The van der Waals surface area contributed by atoms with Crippen LogP contribution in [0.2, 0.25) is 5.02 Å². The van der Waals surface area contributed by atoms with E-state index in [1.54, 1.807) is 0 Å². The molecule has 0 atom stereocenters. The third-order valence-electron chi connectivity index (χ3n) is 2.44. The zero-order valence-electron chi connectivity index (χ0n) is 7.39. The van der Waals surface area contributed by atoms with Crippen LogP contribution in [0.25, 0.3) is 5.57 Å². The Balaban J connectivity index is 2.44. The SMILES string of the molecule is NC/C=C1/CCc2cc(Cl)ccc21. The van der Waals surface area contributed by atoms with E-state index in [-0.39, 0.29) is 0 Å².